The molecule has 0 saturated heterocycles. The van der Waals surface area contributed by atoms with Crippen LogP contribution in [0.1, 0.15) is 96.8 Å². The Morgan fingerprint density at radius 2 is 1.00 bits per heavy atom. The molecular weight excluding hydrogens is 303 g/mol. The van der Waals surface area contributed by atoms with Crippen LogP contribution in [0.2, 0.25) is 0 Å². The van der Waals surface area contributed by atoms with Crippen LogP contribution < -0.4 is 0 Å². The number of hydrogen-bond donors (Lipinski definition) is 1. The number of carboxylic acid groups (broad SMARTS) is 1. The molecule has 0 aromatic rings. The van der Waals surface area contributed by atoms with Gasteiger partial charge in [-0.05, 0) is 6.42 Å². The van der Waals surface area contributed by atoms with E-state index in [0.29, 0.717) is 6.42 Å². The second-order valence-electron chi connectivity index (χ2n) is 5.39. The van der Waals surface area contributed by atoms with Crippen molar-refractivity contribution in [2.45, 2.75) is 96.8 Å². The van der Waals surface area contributed by atoms with Gasteiger partial charge in [0, 0.05) is 23.5 Å². The molecule has 1 N–H and O–H groups in total. The Labute approximate surface area is 130 Å². The van der Waals surface area contributed by atoms with Crippen molar-refractivity contribution in [3.63, 3.8) is 0 Å². The summed E-state index contributed by atoms with van der Waals surface area (Å²) in [6.07, 6.45) is 17.3. The van der Waals surface area contributed by atoms with Gasteiger partial charge in [0.2, 0.25) is 0 Å². The van der Waals surface area contributed by atoms with Gasteiger partial charge in [-0.3, -0.25) is 4.79 Å². The molecule has 0 saturated carbocycles. The first-order chi connectivity index (χ1) is 8.77. The van der Waals surface area contributed by atoms with Gasteiger partial charge in [-0.25, -0.2) is 0 Å². The van der Waals surface area contributed by atoms with Crippen molar-refractivity contribution in [1.29, 1.82) is 0 Å². The summed E-state index contributed by atoms with van der Waals surface area (Å²) in [7, 11) is 0. The molecule has 0 aliphatic rings. The maximum atomic E-state index is 10.3. The summed E-state index contributed by atoms with van der Waals surface area (Å²) < 4.78 is 0. The van der Waals surface area contributed by atoms with E-state index in [1.54, 1.807) is 0 Å². The zero-order valence-corrected chi connectivity index (χ0v) is 14.4. The van der Waals surface area contributed by atoms with E-state index in [1.165, 1.54) is 70.6 Å². The Balaban J connectivity index is 0. The maximum absolute atomic E-state index is 10.3. The smallest absolute Gasteiger partial charge is 0.303 e. The molecule has 19 heavy (non-hydrogen) atoms. The summed E-state index contributed by atoms with van der Waals surface area (Å²) in [6.45, 7) is 2.26. The van der Waals surface area contributed by atoms with Gasteiger partial charge in [-0.2, -0.15) is 0 Å². The van der Waals surface area contributed by atoms with Gasteiger partial charge >= 0.3 is 5.97 Å². The van der Waals surface area contributed by atoms with Crippen molar-refractivity contribution in [3.8, 4) is 0 Å². The average molecular weight is 335 g/mol. The first kappa shape index (κ1) is 21.3. The van der Waals surface area contributed by atoms with Crippen LogP contribution in [-0.4, -0.2) is 28.1 Å². The van der Waals surface area contributed by atoms with Crippen molar-refractivity contribution in [2.75, 3.05) is 0 Å². The minimum atomic E-state index is -0.655. The molecule has 114 valence electrons. The average Bonchev–Trinajstić information content (AvgIpc) is 2.34. The molecule has 0 rings (SSSR count). The first-order valence-corrected chi connectivity index (χ1v) is 7.99. The Kier molecular flexibility index (Phi) is 20.2. The van der Waals surface area contributed by atoms with E-state index in [1.807, 2.05) is 0 Å². The largest absolute Gasteiger partial charge is 0.481 e. The predicted octanol–water partition coefficient (Wildman–Crippen LogP) is 5.17. The van der Waals surface area contributed by atoms with E-state index in [-0.39, 0.29) is 17.1 Å². The van der Waals surface area contributed by atoms with E-state index >= 15 is 0 Å². The Hall–Kier alpha value is -0.0105. The molecular formula is C16H32O2Se. The summed E-state index contributed by atoms with van der Waals surface area (Å²) in [5.41, 5.74) is 0. The van der Waals surface area contributed by atoms with Crippen LogP contribution in [0.3, 0.4) is 0 Å². The van der Waals surface area contributed by atoms with Gasteiger partial charge in [0.1, 0.15) is 0 Å². The number of carboxylic acids is 1. The van der Waals surface area contributed by atoms with Crippen molar-refractivity contribution >= 4 is 23.0 Å². The van der Waals surface area contributed by atoms with Crippen LogP contribution in [0, 0.1) is 0 Å². The normalized spacial score (nSPS) is 10.2. The molecule has 2 radical (unpaired) electrons. The molecule has 0 atom stereocenters. The molecule has 0 aromatic carbocycles. The van der Waals surface area contributed by atoms with Crippen LogP contribution in [0.5, 0.6) is 0 Å². The minimum absolute atomic E-state index is 0. The molecule has 2 nitrogen and oxygen atoms in total. The summed E-state index contributed by atoms with van der Waals surface area (Å²) >= 11 is 0. The fraction of sp³-hybridized carbons (Fsp3) is 0.938. The molecule has 0 fully saturated rings. The zero-order valence-electron chi connectivity index (χ0n) is 12.7. The summed E-state index contributed by atoms with van der Waals surface area (Å²) in [4.78, 5) is 10.3. The molecule has 0 bridgehead atoms. The van der Waals surface area contributed by atoms with E-state index < -0.39 is 5.97 Å². The van der Waals surface area contributed by atoms with Crippen molar-refractivity contribution in [1.82, 2.24) is 0 Å². The molecule has 0 heterocycles. The van der Waals surface area contributed by atoms with Gasteiger partial charge in [-0.1, -0.05) is 84.0 Å². The molecule has 0 aromatic heterocycles. The summed E-state index contributed by atoms with van der Waals surface area (Å²) in [5, 5.41) is 8.49. The standard InChI is InChI=1S/C16H32O2.Se/c1-2-3-4-5-6-7-8-9-10-11-12-13-14-15-16(17)18;/h2-15H2,1H3,(H,17,18);. The summed E-state index contributed by atoms with van der Waals surface area (Å²) in [6, 6.07) is 0. The van der Waals surface area contributed by atoms with E-state index in [0.717, 1.165) is 12.8 Å². The fourth-order valence-electron chi connectivity index (χ4n) is 2.29. The van der Waals surface area contributed by atoms with E-state index in [2.05, 4.69) is 6.92 Å². The number of carbonyl (C=O) groups is 1. The maximum Gasteiger partial charge on any atom is 0.303 e. The van der Waals surface area contributed by atoms with Crippen molar-refractivity contribution < 1.29 is 9.90 Å². The van der Waals surface area contributed by atoms with Crippen molar-refractivity contribution in [2.24, 2.45) is 0 Å². The molecule has 0 amide bonds. The minimum Gasteiger partial charge on any atom is -0.481 e. The van der Waals surface area contributed by atoms with Gasteiger partial charge in [0.15, 0.2) is 0 Å². The Bertz CT molecular complexity index is 184. The summed E-state index contributed by atoms with van der Waals surface area (Å²) in [5.74, 6) is -0.655. The molecule has 0 spiro atoms. The van der Waals surface area contributed by atoms with Crippen LogP contribution in [0.4, 0.5) is 0 Å². The van der Waals surface area contributed by atoms with Crippen LogP contribution in [0.25, 0.3) is 0 Å². The van der Waals surface area contributed by atoms with Gasteiger partial charge < -0.3 is 5.11 Å². The fourth-order valence-corrected chi connectivity index (χ4v) is 2.29. The quantitative estimate of drug-likeness (QED) is 0.351. The number of unbranched alkanes of at least 4 members (excludes halogenated alkanes) is 12. The monoisotopic (exact) mass is 336 g/mol. The SMILES string of the molecule is CCCCCCCCCCCCCCCC(=O)O.[Se]. The zero-order chi connectivity index (χ0) is 13.5. The van der Waals surface area contributed by atoms with Crippen LogP contribution in [0.15, 0.2) is 0 Å². The Morgan fingerprint density at radius 1 is 0.684 bits per heavy atom. The molecule has 0 unspecified atom stereocenters. The third-order valence-corrected chi connectivity index (χ3v) is 3.49. The van der Waals surface area contributed by atoms with Gasteiger partial charge in [0.05, 0.1) is 0 Å². The first-order valence-electron chi connectivity index (χ1n) is 7.99. The second kappa shape index (κ2) is 18.0. The van der Waals surface area contributed by atoms with Crippen LogP contribution in [-0.2, 0) is 4.79 Å². The molecule has 3 heteroatoms. The number of rotatable bonds is 14. The topological polar surface area (TPSA) is 37.3 Å². The van der Waals surface area contributed by atoms with Gasteiger partial charge in [-0.15, -0.1) is 0 Å². The van der Waals surface area contributed by atoms with E-state index in [4.69, 9.17) is 5.11 Å². The van der Waals surface area contributed by atoms with Crippen LogP contribution >= 0.6 is 0 Å². The third kappa shape index (κ3) is 20.5. The number of hydrogen-bond acceptors (Lipinski definition) is 1. The molecule has 0 aliphatic carbocycles. The third-order valence-electron chi connectivity index (χ3n) is 3.49. The van der Waals surface area contributed by atoms with E-state index in [9.17, 15) is 4.79 Å². The molecule has 0 aliphatic heterocycles. The Morgan fingerprint density at radius 3 is 1.32 bits per heavy atom. The van der Waals surface area contributed by atoms with Gasteiger partial charge in [0.25, 0.3) is 0 Å². The second-order valence-corrected chi connectivity index (χ2v) is 5.39. The van der Waals surface area contributed by atoms with Crippen molar-refractivity contribution in [3.05, 3.63) is 0 Å². The predicted molar refractivity (Wildman–Crippen MR) is 83.7 cm³/mol. The number of aliphatic carboxylic acids is 1.